The highest BCUT2D eigenvalue weighted by atomic mass is 16.5. The highest BCUT2D eigenvalue weighted by Gasteiger charge is 2.20. The van der Waals surface area contributed by atoms with Gasteiger partial charge in [-0.2, -0.15) is 0 Å². The van der Waals surface area contributed by atoms with Gasteiger partial charge in [0.25, 0.3) is 0 Å². The molecule has 0 aliphatic rings. The first-order chi connectivity index (χ1) is 20.1. The standard InChI is InChI=1S/C24H38O4.C10H10O4/c1-3-5-7-9-11-15-19-27-23(25)21-17-13-14-18-22(21)24(26)28-20-16-12-10-8-6-4-2;1-5-3-4-7(9(11)12)8(6(5)2)10(13)14/h13-14,17-18H,3-12,15-16,19-20H2,1-2H3;3-4H,1-2H3,(H,11,12)(H,13,14). The highest BCUT2D eigenvalue weighted by Crippen LogP contribution is 2.18. The fraction of sp³-hybridized carbons (Fsp3) is 0.529. The van der Waals surface area contributed by atoms with E-state index in [0.29, 0.717) is 29.9 Å². The van der Waals surface area contributed by atoms with Crippen molar-refractivity contribution in [2.24, 2.45) is 0 Å². The molecule has 0 fully saturated rings. The van der Waals surface area contributed by atoms with Crippen LogP contribution >= 0.6 is 0 Å². The fourth-order valence-corrected chi connectivity index (χ4v) is 4.36. The lowest BCUT2D eigenvalue weighted by molar-refractivity contribution is 0.0450. The number of esters is 2. The van der Waals surface area contributed by atoms with Gasteiger partial charge in [0.1, 0.15) is 0 Å². The Bertz CT molecular complexity index is 1090. The summed E-state index contributed by atoms with van der Waals surface area (Å²) >= 11 is 0. The normalized spacial score (nSPS) is 10.4. The van der Waals surface area contributed by atoms with Crippen LogP contribution in [0.5, 0.6) is 0 Å². The van der Waals surface area contributed by atoms with Crippen molar-refractivity contribution in [1.29, 1.82) is 0 Å². The minimum atomic E-state index is -1.22. The van der Waals surface area contributed by atoms with Crippen LogP contribution in [0.3, 0.4) is 0 Å². The van der Waals surface area contributed by atoms with Gasteiger partial charge in [0.2, 0.25) is 0 Å². The van der Waals surface area contributed by atoms with Gasteiger partial charge in [0.15, 0.2) is 0 Å². The molecule has 0 saturated heterocycles. The Morgan fingerprint density at radius 3 is 1.40 bits per heavy atom. The Morgan fingerprint density at radius 1 is 0.571 bits per heavy atom. The lowest BCUT2D eigenvalue weighted by atomic mass is 9.98. The third kappa shape index (κ3) is 13.3. The first-order valence-corrected chi connectivity index (χ1v) is 15.2. The number of carbonyl (C=O) groups is 4. The molecule has 0 amide bonds. The van der Waals surface area contributed by atoms with Crippen molar-refractivity contribution in [3.05, 3.63) is 69.8 Å². The van der Waals surface area contributed by atoms with Crippen molar-refractivity contribution in [3.63, 3.8) is 0 Å². The number of unbranched alkanes of at least 4 members (excludes halogenated alkanes) is 10. The van der Waals surface area contributed by atoms with E-state index in [9.17, 15) is 19.2 Å². The number of rotatable bonds is 18. The second-order valence-corrected chi connectivity index (χ2v) is 10.4. The summed E-state index contributed by atoms with van der Waals surface area (Å²) in [6.07, 6.45) is 13.6. The summed E-state index contributed by atoms with van der Waals surface area (Å²) in [7, 11) is 0. The number of aryl methyl sites for hydroxylation is 1. The summed E-state index contributed by atoms with van der Waals surface area (Å²) in [5, 5.41) is 17.6. The molecule has 232 valence electrons. The minimum absolute atomic E-state index is 0.127. The van der Waals surface area contributed by atoms with Crippen molar-refractivity contribution < 1.29 is 38.9 Å². The predicted octanol–water partition coefficient (Wildman–Crippen LogP) is 8.42. The molecule has 8 heteroatoms. The Hall–Kier alpha value is -3.68. The Morgan fingerprint density at radius 2 is 1.00 bits per heavy atom. The molecule has 0 spiro atoms. The van der Waals surface area contributed by atoms with Gasteiger partial charge in [-0.05, 0) is 56.0 Å². The molecule has 2 N–H and O–H groups in total. The number of benzene rings is 2. The van der Waals surface area contributed by atoms with Crippen LogP contribution in [-0.4, -0.2) is 47.3 Å². The summed E-state index contributed by atoms with van der Waals surface area (Å²) in [6, 6.07) is 9.66. The third-order valence-electron chi connectivity index (χ3n) is 7.01. The van der Waals surface area contributed by atoms with Crippen molar-refractivity contribution in [1.82, 2.24) is 0 Å². The van der Waals surface area contributed by atoms with Crippen LogP contribution < -0.4 is 0 Å². The molecular weight excluding hydrogens is 536 g/mol. The first-order valence-electron chi connectivity index (χ1n) is 15.2. The molecule has 0 bridgehead atoms. The van der Waals surface area contributed by atoms with Crippen LogP contribution in [0.2, 0.25) is 0 Å². The van der Waals surface area contributed by atoms with Gasteiger partial charge >= 0.3 is 23.9 Å². The summed E-state index contributed by atoms with van der Waals surface area (Å²) in [4.78, 5) is 46.3. The second-order valence-electron chi connectivity index (χ2n) is 10.4. The van der Waals surface area contributed by atoms with Crippen molar-refractivity contribution >= 4 is 23.9 Å². The van der Waals surface area contributed by atoms with E-state index in [2.05, 4.69) is 13.8 Å². The van der Waals surface area contributed by atoms with Crippen LogP contribution in [0.15, 0.2) is 36.4 Å². The van der Waals surface area contributed by atoms with E-state index in [-0.39, 0.29) is 11.1 Å². The number of carboxylic acids is 2. The maximum Gasteiger partial charge on any atom is 0.339 e. The fourth-order valence-electron chi connectivity index (χ4n) is 4.36. The molecule has 2 aromatic carbocycles. The number of carbonyl (C=O) groups excluding carboxylic acids is 2. The number of hydrogen-bond acceptors (Lipinski definition) is 6. The molecule has 0 aromatic heterocycles. The molecule has 0 aliphatic carbocycles. The summed E-state index contributed by atoms with van der Waals surface area (Å²) in [6.45, 7) is 8.52. The summed E-state index contributed by atoms with van der Waals surface area (Å²) in [5.74, 6) is -3.31. The lowest BCUT2D eigenvalue weighted by Gasteiger charge is -2.10. The van der Waals surface area contributed by atoms with E-state index in [0.717, 1.165) is 31.2 Å². The van der Waals surface area contributed by atoms with Crippen LogP contribution in [0.25, 0.3) is 0 Å². The van der Waals surface area contributed by atoms with Gasteiger partial charge in [0, 0.05) is 0 Å². The van der Waals surface area contributed by atoms with Gasteiger partial charge in [-0.15, -0.1) is 0 Å². The van der Waals surface area contributed by atoms with Crippen molar-refractivity contribution in [2.75, 3.05) is 13.2 Å². The zero-order chi connectivity index (χ0) is 31.3. The van der Waals surface area contributed by atoms with E-state index in [1.54, 1.807) is 44.2 Å². The van der Waals surface area contributed by atoms with Crippen LogP contribution in [-0.2, 0) is 9.47 Å². The Balaban J connectivity index is 0.000000525. The average Bonchev–Trinajstić information content (AvgIpc) is 2.97. The molecule has 0 aliphatic heterocycles. The largest absolute Gasteiger partial charge is 0.478 e. The van der Waals surface area contributed by atoms with Gasteiger partial charge in [0.05, 0.1) is 35.5 Å². The summed E-state index contributed by atoms with van der Waals surface area (Å²) in [5.41, 5.74) is 1.56. The zero-order valence-electron chi connectivity index (χ0n) is 25.7. The maximum atomic E-state index is 12.4. The van der Waals surface area contributed by atoms with Crippen LogP contribution in [0.4, 0.5) is 0 Å². The van der Waals surface area contributed by atoms with Crippen LogP contribution in [0, 0.1) is 13.8 Å². The van der Waals surface area contributed by atoms with Gasteiger partial charge in [-0.25, -0.2) is 19.2 Å². The van der Waals surface area contributed by atoms with E-state index in [4.69, 9.17) is 19.7 Å². The predicted molar refractivity (Wildman–Crippen MR) is 164 cm³/mol. The minimum Gasteiger partial charge on any atom is -0.478 e. The maximum absolute atomic E-state index is 12.4. The molecule has 42 heavy (non-hydrogen) atoms. The molecule has 0 heterocycles. The second kappa shape index (κ2) is 21.1. The topological polar surface area (TPSA) is 127 Å². The SMILES string of the molecule is CCCCCCCCOC(=O)c1ccccc1C(=O)OCCCCCCCC.Cc1ccc(C(=O)O)c(C(=O)O)c1C. The average molecular weight is 585 g/mol. The summed E-state index contributed by atoms with van der Waals surface area (Å²) < 4.78 is 10.7. The van der Waals surface area contributed by atoms with E-state index in [1.165, 1.54) is 57.4 Å². The molecule has 0 atom stereocenters. The van der Waals surface area contributed by atoms with Crippen molar-refractivity contribution in [3.8, 4) is 0 Å². The molecule has 0 radical (unpaired) electrons. The number of aromatic carboxylic acids is 2. The van der Waals surface area contributed by atoms with Gasteiger partial charge < -0.3 is 19.7 Å². The monoisotopic (exact) mass is 584 g/mol. The molecule has 0 saturated carbocycles. The van der Waals surface area contributed by atoms with Crippen molar-refractivity contribution in [2.45, 2.75) is 105 Å². The lowest BCUT2D eigenvalue weighted by Crippen LogP contribution is -2.15. The Kier molecular flexibility index (Phi) is 18.2. The Labute approximate surface area is 250 Å². The quantitative estimate of drug-likeness (QED) is 0.132. The van der Waals surface area contributed by atoms with E-state index >= 15 is 0 Å². The van der Waals surface area contributed by atoms with E-state index in [1.807, 2.05) is 0 Å². The zero-order valence-corrected chi connectivity index (χ0v) is 25.7. The molecular formula is C34H48O8. The smallest absolute Gasteiger partial charge is 0.339 e. The van der Waals surface area contributed by atoms with Crippen LogP contribution in [0.1, 0.15) is 143 Å². The number of carboxylic acid groups (broad SMARTS) is 2. The van der Waals surface area contributed by atoms with Gasteiger partial charge in [-0.3, -0.25) is 0 Å². The molecule has 2 aromatic rings. The molecule has 2 rings (SSSR count). The third-order valence-corrected chi connectivity index (χ3v) is 7.01. The number of ether oxygens (including phenoxy) is 2. The molecule has 8 nitrogen and oxygen atoms in total. The van der Waals surface area contributed by atoms with E-state index < -0.39 is 23.9 Å². The van der Waals surface area contributed by atoms with Gasteiger partial charge in [-0.1, -0.05) is 96.3 Å². The number of hydrogen-bond donors (Lipinski definition) is 2. The first kappa shape index (κ1) is 36.3. The molecule has 0 unspecified atom stereocenters. The highest BCUT2D eigenvalue weighted by molar-refractivity contribution is 6.03.